The lowest BCUT2D eigenvalue weighted by Crippen LogP contribution is -2.35. The van der Waals surface area contributed by atoms with Crippen molar-refractivity contribution in [3.8, 4) is 0 Å². The van der Waals surface area contributed by atoms with Crippen molar-refractivity contribution in [2.45, 2.75) is 20.8 Å². The summed E-state index contributed by atoms with van der Waals surface area (Å²) in [6.07, 6.45) is 1.88. The normalized spacial score (nSPS) is 11.5. The molecule has 0 atom stereocenters. The molecule has 4 heteroatoms. The van der Waals surface area contributed by atoms with Crippen LogP contribution >= 0.6 is 0 Å². The van der Waals surface area contributed by atoms with Crippen LogP contribution in [0.25, 0.3) is 10.9 Å². The van der Waals surface area contributed by atoms with E-state index in [1.165, 1.54) is 0 Å². The highest BCUT2D eigenvalue weighted by Crippen LogP contribution is 2.17. The first kappa shape index (κ1) is 12.5. The molecule has 2 aromatic rings. The van der Waals surface area contributed by atoms with Gasteiger partial charge in [0.15, 0.2) is 0 Å². The standard InChI is InChI=1S/C14H19N3O/c1-14(2,3)9-16-13(18)17-11-5-4-10-6-7-15-12(10)8-11/h4-8,15H,9H2,1-3H3,(H2,16,17,18). The topological polar surface area (TPSA) is 56.9 Å². The first-order valence-electron chi connectivity index (χ1n) is 6.06. The van der Waals surface area contributed by atoms with E-state index >= 15 is 0 Å². The molecule has 3 N–H and O–H groups in total. The second-order valence-electron chi connectivity index (χ2n) is 5.65. The molecule has 0 spiro atoms. The zero-order chi connectivity index (χ0) is 13.2. The number of fused-ring (bicyclic) bond motifs is 1. The summed E-state index contributed by atoms with van der Waals surface area (Å²) in [7, 11) is 0. The van der Waals surface area contributed by atoms with Gasteiger partial charge < -0.3 is 15.6 Å². The minimum absolute atomic E-state index is 0.0841. The Morgan fingerprint density at radius 1 is 1.28 bits per heavy atom. The van der Waals surface area contributed by atoms with Gasteiger partial charge in [0, 0.05) is 23.9 Å². The Bertz CT molecular complexity index is 551. The number of anilines is 1. The monoisotopic (exact) mass is 245 g/mol. The van der Waals surface area contributed by atoms with E-state index in [-0.39, 0.29) is 11.4 Å². The summed E-state index contributed by atoms with van der Waals surface area (Å²) in [6.45, 7) is 6.89. The summed E-state index contributed by atoms with van der Waals surface area (Å²) < 4.78 is 0. The number of rotatable bonds is 2. The van der Waals surface area contributed by atoms with Crippen molar-refractivity contribution in [1.29, 1.82) is 0 Å². The Balaban J connectivity index is 1.98. The largest absolute Gasteiger partial charge is 0.361 e. The predicted molar refractivity (Wildman–Crippen MR) is 74.8 cm³/mol. The van der Waals surface area contributed by atoms with Crippen molar-refractivity contribution in [3.63, 3.8) is 0 Å². The molecular weight excluding hydrogens is 226 g/mol. The average Bonchev–Trinajstić information content (AvgIpc) is 2.72. The van der Waals surface area contributed by atoms with Gasteiger partial charge in [-0.15, -0.1) is 0 Å². The minimum atomic E-state index is -0.171. The molecule has 0 aliphatic carbocycles. The highest BCUT2D eigenvalue weighted by atomic mass is 16.2. The number of nitrogens with one attached hydrogen (secondary N) is 3. The number of H-pyrrole nitrogens is 1. The first-order chi connectivity index (χ1) is 8.44. The molecule has 0 fully saturated rings. The van der Waals surface area contributed by atoms with Crippen LogP contribution in [0.4, 0.5) is 10.5 Å². The number of hydrogen-bond donors (Lipinski definition) is 3. The number of hydrogen-bond acceptors (Lipinski definition) is 1. The van der Waals surface area contributed by atoms with E-state index < -0.39 is 0 Å². The summed E-state index contributed by atoms with van der Waals surface area (Å²) in [4.78, 5) is 14.8. The van der Waals surface area contributed by atoms with E-state index in [4.69, 9.17) is 0 Å². The first-order valence-corrected chi connectivity index (χ1v) is 6.06. The fourth-order valence-electron chi connectivity index (χ4n) is 1.65. The lowest BCUT2D eigenvalue weighted by Gasteiger charge is -2.18. The minimum Gasteiger partial charge on any atom is -0.361 e. The number of aromatic nitrogens is 1. The van der Waals surface area contributed by atoms with Crippen molar-refractivity contribution in [3.05, 3.63) is 30.5 Å². The van der Waals surface area contributed by atoms with Crippen LogP contribution in [0.5, 0.6) is 0 Å². The molecule has 2 rings (SSSR count). The summed E-state index contributed by atoms with van der Waals surface area (Å²) in [5, 5.41) is 6.81. The number of aromatic amines is 1. The number of benzene rings is 1. The van der Waals surface area contributed by atoms with Crippen LogP contribution in [0.2, 0.25) is 0 Å². The Morgan fingerprint density at radius 3 is 2.78 bits per heavy atom. The quantitative estimate of drug-likeness (QED) is 0.746. The molecule has 4 nitrogen and oxygen atoms in total. The molecule has 1 aromatic carbocycles. The third kappa shape index (κ3) is 3.26. The zero-order valence-electron chi connectivity index (χ0n) is 11.0. The third-order valence-corrected chi connectivity index (χ3v) is 2.59. The second kappa shape index (κ2) is 4.72. The van der Waals surface area contributed by atoms with Gasteiger partial charge in [0.25, 0.3) is 0 Å². The summed E-state index contributed by atoms with van der Waals surface area (Å²) >= 11 is 0. The Hall–Kier alpha value is -1.97. The maximum atomic E-state index is 11.7. The van der Waals surface area contributed by atoms with Crippen LogP contribution in [0.15, 0.2) is 30.5 Å². The summed E-state index contributed by atoms with van der Waals surface area (Å²) in [5.74, 6) is 0. The SMILES string of the molecule is CC(C)(C)CNC(=O)Nc1ccc2cc[nH]c2c1. The van der Waals surface area contributed by atoms with E-state index in [1.54, 1.807) is 0 Å². The number of carbonyl (C=O) groups excluding carboxylic acids is 1. The van der Waals surface area contributed by atoms with E-state index in [2.05, 4.69) is 36.4 Å². The van der Waals surface area contributed by atoms with E-state index in [9.17, 15) is 4.79 Å². The van der Waals surface area contributed by atoms with Gasteiger partial charge >= 0.3 is 6.03 Å². The van der Waals surface area contributed by atoms with Gasteiger partial charge in [-0.3, -0.25) is 0 Å². The number of urea groups is 1. The smallest absolute Gasteiger partial charge is 0.319 e. The highest BCUT2D eigenvalue weighted by molar-refractivity contribution is 5.92. The second-order valence-corrected chi connectivity index (χ2v) is 5.65. The summed E-state index contributed by atoms with van der Waals surface area (Å²) in [6, 6.07) is 7.62. The predicted octanol–water partition coefficient (Wildman–Crippen LogP) is 3.34. The highest BCUT2D eigenvalue weighted by Gasteiger charge is 2.11. The van der Waals surface area contributed by atoms with Crippen LogP contribution in [0.3, 0.4) is 0 Å². The van der Waals surface area contributed by atoms with Crippen LogP contribution in [-0.4, -0.2) is 17.6 Å². The van der Waals surface area contributed by atoms with Crippen molar-refractivity contribution >= 4 is 22.6 Å². The van der Waals surface area contributed by atoms with Gasteiger partial charge in [-0.2, -0.15) is 0 Å². The molecule has 18 heavy (non-hydrogen) atoms. The Kier molecular flexibility index (Phi) is 3.28. The van der Waals surface area contributed by atoms with Gasteiger partial charge in [-0.1, -0.05) is 26.8 Å². The van der Waals surface area contributed by atoms with Crippen molar-refractivity contribution in [2.75, 3.05) is 11.9 Å². The van der Waals surface area contributed by atoms with Gasteiger partial charge in [-0.05, 0) is 29.0 Å². The molecule has 1 aromatic heterocycles. The van der Waals surface area contributed by atoms with E-state index in [0.717, 1.165) is 16.6 Å². The number of carbonyl (C=O) groups is 1. The van der Waals surface area contributed by atoms with E-state index in [0.29, 0.717) is 6.54 Å². The molecule has 0 aliphatic rings. The van der Waals surface area contributed by atoms with Crippen LogP contribution in [0.1, 0.15) is 20.8 Å². The fourth-order valence-corrected chi connectivity index (χ4v) is 1.65. The van der Waals surface area contributed by atoms with Crippen LogP contribution in [-0.2, 0) is 0 Å². The van der Waals surface area contributed by atoms with E-state index in [1.807, 2.05) is 30.5 Å². The maximum Gasteiger partial charge on any atom is 0.319 e. The van der Waals surface area contributed by atoms with Gasteiger partial charge in [-0.25, -0.2) is 4.79 Å². The molecular formula is C14H19N3O. The molecule has 0 saturated heterocycles. The maximum absolute atomic E-state index is 11.7. The Morgan fingerprint density at radius 2 is 2.06 bits per heavy atom. The molecule has 96 valence electrons. The molecule has 0 unspecified atom stereocenters. The zero-order valence-corrected chi connectivity index (χ0v) is 11.0. The summed E-state index contributed by atoms with van der Waals surface area (Å²) in [5.41, 5.74) is 1.89. The van der Waals surface area contributed by atoms with Gasteiger partial charge in [0.2, 0.25) is 0 Å². The molecule has 1 heterocycles. The third-order valence-electron chi connectivity index (χ3n) is 2.59. The lowest BCUT2D eigenvalue weighted by atomic mass is 9.97. The molecule has 0 bridgehead atoms. The molecule has 2 amide bonds. The van der Waals surface area contributed by atoms with Crippen molar-refractivity contribution < 1.29 is 4.79 Å². The lowest BCUT2D eigenvalue weighted by molar-refractivity contribution is 0.247. The Labute approximate surface area is 107 Å². The fraction of sp³-hybridized carbons (Fsp3) is 0.357. The van der Waals surface area contributed by atoms with Gasteiger partial charge in [0.1, 0.15) is 0 Å². The average molecular weight is 245 g/mol. The molecule has 0 aliphatic heterocycles. The number of amides is 2. The molecule has 0 radical (unpaired) electrons. The van der Waals surface area contributed by atoms with Crippen molar-refractivity contribution in [1.82, 2.24) is 10.3 Å². The van der Waals surface area contributed by atoms with Crippen molar-refractivity contribution in [2.24, 2.45) is 5.41 Å². The van der Waals surface area contributed by atoms with Gasteiger partial charge in [0.05, 0.1) is 0 Å². The van der Waals surface area contributed by atoms with Crippen LogP contribution in [0, 0.1) is 5.41 Å². The molecule has 0 saturated carbocycles. The van der Waals surface area contributed by atoms with Crippen LogP contribution < -0.4 is 10.6 Å².